The van der Waals surface area contributed by atoms with Gasteiger partial charge >= 0.3 is 5.97 Å². The number of carbonyl (C=O) groups is 1. The molecule has 1 aromatic carbocycles. The molecule has 0 bridgehead atoms. The Labute approximate surface area is 148 Å². The van der Waals surface area contributed by atoms with Crippen LogP contribution in [0.25, 0.3) is 0 Å². The third-order valence-electron chi connectivity index (χ3n) is 4.67. The van der Waals surface area contributed by atoms with Gasteiger partial charge in [-0.3, -0.25) is 14.7 Å². The largest absolute Gasteiger partial charge is 0.497 e. The van der Waals surface area contributed by atoms with Gasteiger partial charge < -0.3 is 9.84 Å². The molecule has 1 aromatic heterocycles. The molecule has 1 fully saturated rings. The van der Waals surface area contributed by atoms with Crippen molar-refractivity contribution in [1.82, 2.24) is 9.88 Å². The van der Waals surface area contributed by atoms with Crippen molar-refractivity contribution in [2.75, 3.05) is 13.7 Å². The highest BCUT2D eigenvalue weighted by molar-refractivity contribution is 5.66. The Hall–Kier alpha value is -2.40. The van der Waals surface area contributed by atoms with Crippen LogP contribution in [-0.4, -0.2) is 34.6 Å². The SMILES string of the molecule is COc1ccc(CN2CCC[C@H]2c2cccc(CCC(=O)O)n2)cc1. The number of aliphatic carboxylic acids is 1. The Bertz CT molecular complexity index is 715. The highest BCUT2D eigenvalue weighted by Gasteiger charge is 2.27. The molecule has 1 aliphatic rings. The third kappa shape index (κ3) is 4.57. The predicted octanol–water partition coefficient (Wildman–Crippen LogP) is 3.44. The highest BCUT2D eigenvalue weighted by atomic mass is 16.5. The number of ether oxygens (including phenoxy) is 1. The molecule has 0 spiro atoms. The van der Waals surface area contributed by atoms with Crippen LogP contribution < -0.4 is 4.74 Å². The number of hydrogen-bond donors (Lipinski definition) is 1. The lowest BCUT2D eigenvalue weighted by Gasteiger charge is -2.24. The maximum atomic E-state index is 10.8. The topological polar surface area (TPSA) is 62.7 Å². The third-order valence-corrected chi connectivity index (χ3v) is 4.67. The van der Waals surface area contributed by atoms with Crippen molar-refractivity contribution >= 4 is 5.97 Å². The van der Waals surface area contributed by atoms with Gasteiger partial charge in [-0.05, 0) is 49.2 Å². The van der Waals surface area contributed by atoms with Crippen LogP contribution in [0.4, 0.5) is 0 Å². The quantitative estimate of drug-likeness (QED) is 0.836. The zero-order valence-corrected chi connectivity index (χ0v) is 14.5. The number of carboxylic acids is 1. The lowest BCUT2D eigenvalue weighted by atomic mass is 10.1. The lowest BCUT2D eigenvalue weighted by Crippen LogP contribution is -2.23. The summed E-state index contributed by atoms with van der Waals surface area (Å²) >= 11 is 0. The van der Waals surface area contributed by atoms with Crippen molar-refractivity contribution in [3.05, 3.63) is 59.4 Å². The first-order valence-corrected chi connectivity index (χ1v) is 8.70. The van der Waals surface area contributed by atoms with E-state index in [2.05, 4.69) is 23.1 Å². The van der Waals surface area contributed by atoms with E-state index in [4.69, 9.17) is 14.8 Å². The average Bonchev–Trinajstić information content (AvgIpc) is 3.09. The maximum Gasteiger partial charge on any atom is 0.303 e. The summed E-state index contributed by atoms with van der Waals surface area (Å²) in [6.45, 7) is 1.94. The Kier molecular flexibility index (Phi) is 5.66. The molecule has 2 heterocycles. The van der Waals surface area contributed by atoms with E-state index >= 15 is 0 Å². The van der Waals surface area contributed by atoms with Gasteiger partial charge in [-0.2, -0.15) is 0 Å². The summed E-state index contributed by atoms with van der Waals surface area (Å²) in [5, 5.41) is 8.85. The van der Waals surface area contributed by atoms with Gasteiger partial charge in [0.1, 0.15) is 5.75 Å². The Morgan fingerprint density at radius 3 is 2.80 bits per heavy atom. The number of nitrogens with zero attached hydrogens (tertiary/aromatic N) is 2. The first kappa shape index (κ1) is 17.4. The number of likely N-dealkylation sites (tertiary alicyclic amines) is 1. The molecule has 5 heteroatoms. The number of hydrogen-bond acceptors (Lipinski definition) is 4. The number of methoxy groups -OCH3 is 1. The molecule has 0 aliphatic carbocycles. The minimum absolute atomic E-state index is 0.122. The molecule has 5 nitrogen and oxygen atoms in total. The average molecular weight is 340 g/mol. The van der Waals surface area contributed by atoms with Gasteiger partial charge in [-0.1, -0.05) is 18.2 Å². The van der Waals surface area contributed by atoms with Crippen molar-refractivity contribution < 1.29 is 14.6 Å². The van der Waals surface area contributed by atoms with E-state index in [1.165, 1.54) is 5.56 Å². The summed E-state index contributed by atoms with van der Waals surface area (Å²) in [6.07, 6.45) is 2.85. The number of carboxylic acid groups (broad SMARTS) is 1. The minimum Gasteiger partial charge on any atom is -0.497 e. The van der Waals surface area contributed by atoms with Crippen LogP contribution in [0.5, 0.6) is 5.75 Å². The number of pyridine rings is 1. The fraction of sp³-hybridized carbons (Fsp3) is 0.400. The number of benzene rings is 1. The molecule has 0 amide bonds. The van der Waals surface area contributed by atoms with Crippen molar-refractivity contribution in [3.63, 3.8) is 0 Å². The van der Waals surface area contributed by atoms with Crippen LogP contribution in [0.15, 0.2) is 42.5 Å². The van der Waals surface area contributed by atoms with Crippen LogP contribution in [0.3, 0.4) is 0 Å². The van der Waals surface area contributed by atoms with E-state index < -0.39 is 5.97 Å². The molecular formula is C20H24N2O3. The summed E-state index contributed by atoms with van der Waals surface area (Å²) in [5.74, 6) is 0.0868. The van der Waals surface area contributed by atoms with E-state index in [-0.39, 0.29) is 6.42 Å². The first-order valence-electron chi connectivity index (χ1n) is 8.70. The molecule has 2 aromatic rings. The zero-order chi connectivity index (χ0) is 17.6. The molecule has 132 valence electrons. The second-order valence-electron chi connectivity index (χ2n) is 6.42. The summed E-state index contributed by atoms with van der Waals surface area (Å²) in [6, 6.07) is 14.4. The normalized spacial score (nSPS) is 17.6. The van der Waals surface area contributed by atoms with Crippen LogP contribution in [0, 0.1) is 0 Å². The molecule has 25 heavy (non-hydrogen) atoms. The maximum absolute atomic E-state index is 10.8. The molecule has 1 N–H and O–H groups in total. The summed E-state index contributed by atoms with van der Waals surface area (Å²) in [5.41, 5.74) is 3.17. The standard InChI is InChI=1S/C20H24N2O3/c1-25-17-10-7-15(8-11-17)14-22-13-3-6-19(22)18-5-2-4-16(21-18)9-12-20(23)24/h2,4-5,7-8,10-11,19H,3,6,9,12-14H2,1H3,(H,23,24)/t19-/m0/s1. The fourth-order valence-electron chi connectivity index (χ4n) is 3.37. The first-order chi connectivity index (χ1) is 12.2. The van der Waals surface area contributed by atoms with Crippen molar-refractivity contribution in [1.29, 1.82) is 0 Å². The van der Waals surface area contributed by atoms with Gasteiger partial charge in [-0.15, -0.1) is 0 Å². The van der Waals surface area contributed by atoms with Gasteiger partial charge in [0, 0.05) is 18.7 Å². The second-order valence-corrected chi connectivity index (χ2v) is 6.42. The second kappa shape index (κ2) is 8.12. The molecule has 0 unspecified atom stereocenters. The predicted molar refractivity (Wildman–Crippen MR) is 95.6 cm³/mol. The Balaban J connectivity index is 1.70. The van der Waals surface area contributed by atoms with Gasteiger partial charge in [-0.25, -0.2) is 0 Å². The van der Waals surface area contributed by atoms with E-state index in [9.17, 15) is 4.79 Å². The van der Waals surface area contributed by atoms with Gasteiger partial charge in [0.15, 0.2) is 0 Å². The van der Waals surface area contributed by atoms with Gasteiger partial charge in [0.25, 0.3) is 0 Å². The molecule has 1 aliphatic heterocycles. The van der Waals surface area contributed by atoms with Crippen molar-refractivity contribution in [2.24, 2.45) is 0 Å². The molecule has 1 saturated heterocycles. The van der Waals surface area contributed by atoms with Crippen LogP contribution in [0.2, 0.25) is 0 Å². The highest BCUT2D eigenvalue weighted by Crippen LogP contribution is 2.32. The fourth-order valence-corrected chi connectivity index (χ4v) is 3.37. The van der Waals surface area contributed by atoms with Crippen LogP contribution in [0.1, 0.15) is 42.3 Å². The van der Waals surface area contributed by atoms with E-state index in [0.717, 1.165) is 43.1 Å². The van der Waals surface area contributed by atoms with E-state index in [1.54, 1.807) is 7.11 Å². The van der Waals surface area contributed by atoms with Gasteiger partial charge in [0.2, 0.25) is 0 Å². The minimum atomic E-state index is -0.783. The summed E-state index contributed by atoms with van der Waals surface area (Å²) < 4.78 is 5.22. The van der Waals surface area contributed by atoms with Crippen molar-refractivity contribution in [3.8, 4) is 5.75 Å². The van der Waals surface area contributed by atoms with Gasteiger partial charge in [0.05, 0.1) is 25.3 Å². The molecular weight excluding hydrogens is 316 g/mol. The van der Waals surface area contributed by atoms with Crippen molar-refractivity contribution in [2.45, 2.75) is 38.3 Å². The lowest BCUT2D eigenvalue weighted by molar-refractivity contribution is -0.136. The molecule has 0 saturated carbocycles. The summed E-state index contributed by atoms with van der Waals surface area (Å²) in [7, 11) is 1.68. The summed E-state index contributed by atoms with van der Waals surface area (Å²) in [4.78, 5) is 17.9. The van der Waals surface area contributed by atoms with Crippen LogP contribution >= 0.6 is 0 Å². The Morgan fingerprint density at radius 1 is 1.28 bits per heavy atom. The molecule has 3 rings (SSSR count). The number of rotatable bonds is 7. The van der Waals surface area contributed by atoms with Crippen LogP contribution in [-0.2, 0) is 17.8 Å². The number of aromatic nitrogens is 1. The monoisotopic (exact) mass is 340 g/mol. The van der Waals surface area contributed by atoms with E-state index in [1.807, 2.05) is 24.3 Å². The molecule has 1 atom stereocenters. The molecule has 0 radical (unpaired) electrons. The Morgan fingerprint density at radius 2 is 2.08 bits per heavy atom. The smallest absolute Gasteiger partial charge is 0.303 e. The zero-order valence-electron chi connectivity index (χ0n) is 14.5. The van der Waals surface area contributed by atoms with E-state index in [0.29, 0.717) is 12.5 Å². The number of aryl methyl sites for hydroxylation is 1.